The molecule has 0 aromatic carbocycles. The number of carbonyl (C=O) groups is 2. The molecule has 0 aliphatic carbocycles. The number of rotatable bonds is 6. The SMILES string of the molecule is CCC1(C(=O)NCC[C@H](O)C(=O)O)CCNCC1. The molecule has 0 aromatic heterocycles. The molecule has 4 N–H and O–H groups in total. The average molecular weight is 258 g/mol. The van der Waals surface area contributed by atoms with Gasteiger partial charge in [0.2, 0.25) is 5.91 Å². The summed E-state index contributed by atoms with van der Waals surface area (Å²) < 4.78 is 0. The molecule has 1 fully saturated rings. The predicted molar refractivity (Wildman–Crippen MR) is 66.1 cm³/mol. The van der Waals surface area contributed by atoms with Gasteiger partial charge in [0, 0.05) is 13.0 Å². The van der Waals surface area contributed by atoms with Gasteiger partial charge >= 0.3 is 5.97 Å². The molecular weight excluding hydrogens is 236 g/mol. The molecule has 0 aromatic rings. The Labute approximate surface area is 107 Å². The first-order valence-electron chi connectivity index (χ1n) is 6.42. The minimum Gasteiger partial charge on any atom is -0.479 e. The number of amides is 1. The number of aliphatic hydroxyl groups is 1. The third kappa shape index (κ3) is 3.68. The molecule has 1 aliphatic rings. The molecule has 0 bridgehead atoms. The summed E-state index contributed by atoms with van der Waals surface area (Å²) in [5, 5.41) is 23.6. The molecule has 1 aliphatic heterocycles. The number of hydrogen-bond acceptors (Lipinski definition) is 4. The van der Waals surface area contributed by atoms with Crippen molar-refractivity contribution in [2.75, 3.05) is 19.6 Å². The van der Waals surface area contributed by atoms with E-state index in [1.165, 1.54) is 0 Å². The molecule has 1 amide bonds. The highest BCUT2D eigenvalue weighted by molar-refractivity contribution is 5.82. The average Bonchev–Trinajstić information content (AvgIpc) is 2.39. The molecule has 104 valence electrons. The van der Waals surface area contributed by atoms with E-state index in [0.717, 1.165) is 32.4 Å². The first-order chi connectivity index (χ1) is 8.52. The van der Waals surface area contributed by atoms with Crippen molar-refractivity contribution in [2.24, 2.45) is 5.41 Å². The van der Waals surface area contributed by atoms with Gasteiger partial charge in [0.05, 0.1) is 5.41 Å². The molecule has 0 saturated carbocycles. The lowest BCUT2D eigenvalue weighted by Gasteiger charge is -2.35. The van der Waals surface area contributed by atoms with Crippen molar-refractivity contribution in [3.05, 3.63) is 0 Å². The van der Waals surface area contributed by atoms with E-state index in [0.29, 0.717) is 0 Å². The maximum atomic E-state index is 12.1. The highest BCUT2D eigenvalue weighted by Gasteiger charge is 2.37. The van der Waals surface area contributed by atoms with Gasteiger partial charge in [-0.2, -0.15) is 0 Å². The first kappa shape index (κ1) is 14.9. The van der Waals surface area contributed by atoms with E-state index in [4.69, 9.17) is 10.2 Å². The van der Waals surface area contributed by atoms with Crippen LogP contribution < -0.4 is 10.6 Å². The van der Waals surface area contributed by atoms with Crippen LogP contribution in [0.25, 0.3) is 0 Å². The lowest BCUT2D eigenvalue weighted by Crippen LogP contribution is -2.47. The number of piperidine rings is 1. The van der Waals surface area contributed by atoms with Crippen molar-refractivity contribution in [1.82, 2.24) is 10.6 Å². The van der Waals surface area contributed by atoms with Crippen molar-refractivity contribution in [3.63, 3.8) is 0 Å². The zero-order valence-electron chi connectivity index (χ0n) is 10.7. The zero-order valence-corrected chi connectivity index (χ0v) is 10.7. The molecule has 0 spiro atoms. The number of carboxylic acid groups (broad SMARTS) is 1. The van der Waals surface area contributed by atoms with Gasteiger partial charge in [-0.1, -0.05) is 6.92 Å². The quantitative estimate of drug-likeness (QED) is 0.525. The van der Waals surface area contributed by atoms with E-state index >= 15 is 0 Å². The van der Waals surface area contributed by atoms with Gasteiger partial charge in [-0.05, 0) is 32.4 Å². The van der Waals surface area contributed by atoms with E-state index in [2.05, 4.69) is 10.6 Å². The van der Waals surface area contributed by atoms with Crippen LogP contribution in [0.4, 0.5) is 0 Å². The Morgan fingerprint density at radius 2 is 2.00 bits per heavy atom. The second kappa shape index (κ2) is 6.70. The van der Waals surface area contributed by atoms with Crippen molar-refractivity contribution >= 4 is 11.9 Å². The van der Waals surface area contributed by atoms with Crippen molar-refractivity contribution < 1.29 is 19.8 Å². The summed E-state index contributed by atoms with van der Waals surface area (Å²) in [7, 11) is 0. The summed E-state index contributed by atoms with van der Waals surface area (Å²) in [6.45, 7) is 3.86. The highest BCUT2D eigenvalue weighted by Crippen LogP contribution is 2.32. The van der Waals surface area contributed by atoms with Gasteiger partial charge < -0.3 is 20.8 Å². The van der Waals surface area contributed by atoms with Crippen LogP contribution in [-0.2, 0) is 9.59 Å². The molecule has 1 saturated heterocycles. The maximum Gasteiger partial charge on any atom is 0.332 e. The highest BCUT2D eigenvalue weighted by atomic mass is 16.4. The minimum absolute atomic E-state index is 0.0240. The third-order valence-corrected chi connectivity index (χ3v) is 3.71. The van der Waals surface area contributed by atoms with E-state index in [1.54, 1.807) is 0 Å². The van der Waals surface area contributed by atoms with Crippen LogP contribution in [0.3, 0.4) is 0 Å². The summed E-state index contributed by atoms with van der Waals surface area (Å²) >= 11 is 0. The summed E-state index contributed by atoms with van der Waals surface area (Å²) in [6.07, 6.45) is 1.02. The Kier molecular flexibility index (Phi) is 5.55. The fourth-order valence-corrected chi connectivity index (χ4v) is 2.28. The van der Waals surface area contributed by atoms with Gasteiger partial charge in [0.1, 0.15) is 0 Å². The first-order valence-corrected chi connectivity index (χ1v) is 6.42. The van der Waals surface area contributed by atoms with E-state index in [-0.39, 0.29) is 24.3 Å². The van der Waals surface area contributed by atoms with Crippen LogP contribution in [0.5, 0.6) is 0 Å². The molecular formula is C12H22N2O4. The van der Waals surface area contributed by atoms with Crippen LogP contribution in [0.1, 0.15) is 32.6 Å². The fraction of sp³-hybridized carbons (Fsp3) is 0.833. The second-order valence-corrected chi connectivity index (χ2v) is 4.78. The Hall–Kier alpha value is -1.14. The van der Waals surface area contributed by atoms with Crippen LogP contribution >= 0.6 is 0 Å². The summed E-state index contributed by atoms with van der Waals surface area (Å²) in [6, 6.07) is 0. The molecule has 0 unspecified atom stereocenters. The Morgan fingerprint density at radius 1 is 1.39 bits per heavy atom. The molecule has 1 atom stereocenters. The maximum absolute atomic E-state index is 12.1. The van der Waals surface area contributed by atoms with Crippen molar-refractivity contribution in [3.8, 4) is 0 Å². The topological polar surface area (TPSA) is 98.7 Å². The van der Waals surface area contributed by atoms with Crippen LogP contribution in [0, 0.1) is 5.41 Å². The molecule has 6 nitrogen and oxygen atoms in total. The van der Waals surface area contributed by atoms with Crippen molar-refractivity contribution in [2.45, 2.75) is 38.7 Å². The molecule has 1 rings (SSSR count). The van der Waals surface area contributed by atoms with Crippen LogP contribution in [0.15, 0.2) is 0 Å². The second-order valence-electron chi connectivity index (χ2n) is 4.78. The Morgan fingerprint density at radius 3 is 2.50 bits per heavy atom. The fourth-order valence-electron chi connectivity index (χ4n) is 2.28. The molecule has 0 radical (unpaired) electrons. The van der Waals surface area contributed by atoms with E-state index in [9.17, 15) is 9.59 Å². The van der Waals surface area contributed by atoms with Gasteiger partial charge in [-0.3, -0.25) is 4.79 Å². The third-order valence-electron chi connectivity index (χ3n) is 3.71. The van der Waals surface area contributed by atoms with Gasteiger partial charge in [0.15, 0.2) is 6.10 Å². The number of carboxylic acids is 1. The Bertz CT molecular complexity index is 300. The van der Waals surface area contributed by atoms with E-state index < -0.39 is 12.1 Å². The molecule has 6 heteroatoms. The predicted octanol–water partition coefficient (Wildman–Crippen LogP) is -0.282. The van der Waals surface area contributed by atoms with Gasteiger partial charge in [-0.15, -0.1) is 0 Å². The standard InChI is InChI=1S/C12H22N2O4/c1-2-12(4-7-13-8-5-12)11(18)14-6-3-9(15)10(16)17/h9,13,15H,2-8H2,1H3,(H,14,18)(H,16,17)/t9-/m0/s1. The normalized spacial score (nSPS) is 20.1. The lowest BCUT2D eigenvalue weighted by atomic mass is 9.76. The number of aliphatic hydroxyl groups excluding tert-OH is 1. The summed E-state index contributed by atoms with van der Waals surface area (Å²) in [5.74, 6) is -1.28. The molecule has 1 heterocycles. The lowest BCUT2D eigenvalue weighted by molar-refractivity contribution is -0.147. The largest absolute Gasteiger partial charge is 0.479 e. The Balaban J connectivity index is 2.41. The number of aliphatic carboxylic acids is 1. The van der Waals surface area contributed by atoms with Crippen LogP contribution in [0.2, 0.25) is 0 Å². The van der Waals surface area contributed by atoms with E-state index in [1.807, 2.05) is 6.92 Å². The number of hydrogen-bond donors (Lipinski definition) is 4. The van der Waals surface area contributed by atoms with Gasteiger partial charge in [0.25, 0.3) is 0 Å². The smallest absolute Gasteiger partial charge is 0.332 e. The minimum atomic E-state index is -1.41. The van der Waals surface area contributed by atoms with Crippen LogP contribution in [-0.4, -0.2) is 47.8 Å². The van der Waals surface area contributed by atoms with Gasteiger partial charge in [-0.25, -0.2) is 4.79 Å². The summed E-state index contributed by atoms with van der Waals surface area (Å²) in [5.41, 5.74) is -0.334. The van der Waals surface area contributed by atoms with Crippen molar-refractivity contribution in [1.29, 1.82) is 0 Å². The number of carbonyl (C=O) groups excluding carboxylic acids is 1. The zero-order chi connectivity index (χ0) is 13.6. The molecule has 18 heavy (non-hydrogen) atoms. The monoisotopic (exact) mass is 258 g/mol. The summed E-state index contributed by atoms with van der Waals surface area (Å²) in [4.78, 5) is 22.6. The number of nitrogens with one attached hydrogen (secondary N) is 2.